The Bertz CT molecular complexity index is 1180. The number of aromatic nitrogens is 5. The van der Waals surface area contributed by atoms with Crippen LogP contribution in [0.5, 0.6) is 11.6 Å². The van der Waals surface area contributed by atoms with Gasteiger partial charge < -0.3 is 9.64 Å². The number of hydrogen-bond acceptors (Lipinski definition) is 6. The predicted octanol–water partition coefficient (Wildman–Crippen LogP) is 3.87. The van der Waals surface area contributed by atoms with Gasteiger partial charge >= 0.3 is 0 Å². The quantitative estimate of drug-likeness (QED) is 0.482. The molecular weight excluding hydrogens is 404 g/mol. The highest BCUT2D eigenvalue weighted by Crippen LogP contribution is 2.33. The molecular formula is C24H22N6O2. The summed E-state index contributed by atoms with van der Waals surface area (Å²) in [5, 5.41) is 4.17. The SMILES string of the molecule is O=C(c1ccc(-n2cccn2)nc1)N1CCCC(c2nccnc2Oc2ccccc2)C1. The number of pyridine rings is 1. The summed E-state index contributed by atoms with van der Waals surface area (Å²) >= 11 is 0. The van der Waals surface area contributed by atoms with Gasteiger partial charge in [0.25, 0.3) is 5.91 Å². The van der Waals surface area contributed by atoms with Gasteiger partial charge in [-0.15, -0.1) is 0 Å². The molecule has 0 bridgehead atoms. The second-order valence-electron chi connectivity index (χ2n) is 7.61. The van der Waals surface area contributed by atoms with Crippen molar-refractivity contribution >= 4 is 5.91 Å². The minimum atomic E-state index is -0.0383. The molecule has 0 spiro atoms. The van der Waals surface area contributed by atoms with Crippen molar-refractivity contribution in [1.82, 2.24) is 29.6 Å². The summed E-state index contributed by atoms with van der Waals surface area (Å²) < 4.78 is 7.66. The highest BCUT2D eigenvalue weighted by atomic mass is 16.5. The summed E-state index contributed by atoms with van der Waals surface area (Å²) in [6.45, 7) is 1.26. The Morgan fingerprint density at radius 1 is 0.969 bits per heavy atom. The zero-order chi connectivity index (χ0) is 21.8. The average Bonchev–Trinajstić information content (AvgIpc) is 3.40. The Hall–Kier alpha value is -4.07. The molecule has 3 aromatic heterocycles. The average molecular weight is 426 g/mol. The molecule has 8 nitrogen and oxygen atoms in total. The van der Waals surface area contributed by atoms with E-state index < -0.39 is 0 Å². The molecule has 1 aliphatic heterocycles. The molecule has 0 aliphatic carbocycles. The lowest BCUT2D eigenvalue weighted by atomic mass is 9.94. The summed E-state index contributed by atoms with van der Waals surface area (Å²) in [5.41, 5.74) is 1.34. The molecule has 160 valence electrons. The third-order valence-electron chi connectivity index (χ3n) is 5.48. The van der Waals surface area contributed by atoms with E-state index in [1.165, 1.54) is 0 Å². The van der Waals surface area contributed by atoms with E-state index in [1.54, 1.807) is 41.6 Å². The maximum absolute atomic E-state index is 13.1. The Labute approximate surface area is 185 Å². The van der Waals surface area contributed by atoms with Crippen LogP contribution in [0.15, 0.2) is 79.5 Å². The third kappa shape index (κ3) is 4.20. The third-order valence-corrected chi connectivity index (χ3v) is 5.48. The number of rotatable bonds is 5. The highest BCUT2D eigenvalue weighted by Gasteiger charge is 2.29. The summed E-state index contributed by atoms with van der Waals surface area (Å²) in [4.78, 5) is 28.4. The van der Waals surface area contributed by atoms with Crippen molar-refractivity contribution < 1.29 is 9.53 Å². The zero-order valence-corrected chi connectivity index (χ0v) is 17.4. The number of amides is 1. The molecule has 1 aliphatic rings. The molecule has 1 atom stereocenters. The Morgan fingerprint density at radius 2 is 1.84 bits per heavy atom. The van der Waals surface area contributed by atoms with Crippen LogP contribution in [0.4, 0.5) is 0 Å². The highest BCUT2D eigenvalue weighted by molar-refractivity contribution is 5.94. The van der Waals surface area contributed by atoms with E-state index >= 15 is 0 Å². The fraction of sp³-hybridized carbons (Fsp3) is 0.208. The van der Waals surface area contributed by atoms with Crippen molar-refractivity contribution in [3.8, 4) is 17.4 Å². The molecule has 0 N–H and O–H groups in total. The number of ether oxygens (including phenoxy) is 1. The molecule has 1 unspecified atom stereocenters. The number of para-hydroxylation sites is 1. The minimum Gasteiger partial charge on any atom is -0.437 e. The van der Waals surface area contributed by atoms with E-state index in [0.29, 0.717) is 36.1 Å². The molecule has 8 heteroatoms. The maximum atomic E-state index is 13.1. The molecule has 0 saturated carbocycles. The first kappa shape index (κ1) is 19.9. The fourth-order valence-corrected chi connectivity index (χ4v) is 3.91. The second-order valence-corrected chi connectivity index (χ2v) is 7.61. The van der Waals surface area contributed by atoms with Gasteiger partial charge in [-0.25, -0.2) is 14.6 Å². The maximum Gasteiger partial charge on any atom is 0.255 e. The molecule has 4 aromatic rings. The van der Waals surface area contributed by atoms with Crippen molar-refractivity contribution in [2.45, 2.75) is 18.8 Å². The van der Waals surface area contributed by atoms with Gasteiger partial charge in [0.1, 0.15) is 11.4 Å². The van der Waals surface area contributed by atoms with Crippen LogP contribution in [0.25, 0.3) is 5.82 Å². The van der Waals surface area contributed by atoms with Gasteiger partial charge in [-0.05, 0) is 43.2 Å². The lowest BCUT2D eigenvalue weighted by Crippen LogP contribution is -2.39. The van der Waals surface area contributed by atoms with E-state index in [4.69, 9.17) is 4.74 Å². The van der Waals surface area contributed by atoms with Crippen LogP contribution in [-0.4, -0.2) is 48.6 Å². The first-order valence-corrected chi connectivity index (χ1v) is 10.6. The molecule has 5 rings (SSSR count). The lowest BCUT2D eigenvalue weighted by molar-refractivity contribution is 0.0704. The monoisotopic (exact) mass is 426 g/mol. The molecule has 1 fully saturated rings. The summed E-state index contributed by atoms with van der Waals surface area (Å²) in [7, 11) is 0. The van der Waals surface area contributed by atoms with E-state index in [-0.39, 0.29) is 11.8 Å². The largest absolute Gasteiger partial charge is 0.437 e. The lowest BCUT2D eigenvalue weighted by Gasteiger charge is -2.32. The topological polar surface area (TPSA) is 86.0 Å². The molecule has 4 heterocycles. The van der Waals surface area contributed by atoms with Crippen LogP contribution < -0.4 is 4.74 Å². The predicted molar refractivity (Wildman–Crippen MR) is 118 cm³/mol. The van der Waals surface area contributed by atoms with E-state index in [0.717, 1.165) is 18.5 Å². The van der Waals surface area contributed by atoms with Gasteiger partial charge in [0, 0.05) is 50.0 Å². The van der Waals surface area contributed by atoms with Gasteiger partial charge in [0.2, 0.25) is 5.88 Å². The van der Waals surface area contributed by atoms with Gasteiger partial charge in [0.15, 0.2) is 5.82 Å². The summed E-state index contributed by atoms with van der Waals surface area (Å²) in [6, 6.07) is 15.0. The van der Waals surface area contributed by atoms with E-state index in [1.807, 2.05) is 47.5 Å². The van der Waals surface area contributed by atoms with E-state index in [2.05, 4.69) is 20.1 Å². The van der Waals surface area contributed by atoms with Crippen molar-refractivity contribution in [3.63, 3.8) is 0 Å². The number of nitrogens with zero attached hydrogens (tertiary/aromatic N) is 6. The Balaban J connectivity index is 1.32. The van der Waals surface area contributed by atoms with Gasteiger partial charge in [-0.2, -0.15) is 5.10 Å². The van der Waals surface area contributed by atoms with Gasteiger partial charge in [0.05, 0.1) is 5.56 Å². The normalized spacial score (nSPS) is 16.0. The number of carbonyl (C=O) groups excluding carboxylic acids is 1. The van der Waals surface area contributed by atoms with Crippen LogP contribution in [0, 0.1) is 0 Å². The molecule has 1 aromatic carbocycles. The number of carbonyl (C=O) groups is 1. The van der Waals surface area contributed by atoms with Crippen molar-refractivity contribution in [2.75, 3.05) is 13.1 Å². The van der Waals surface area contributed by atoms with Gasteiger partial charge in [-0.1, -0.05) is 18.2 Å². The molecule has 32 heavy (non-hydrogen) atoms. The zero-order valence-electron chi connectivity index (χ0n) is 17.4. The number of benzene rings is 1. The first-order chi connectivity index (χ1) is 15.8. The summed E-state index contributed by atoms with van der Waals surface area (Å²) in [6.07, 6.45) is 10.2. The van der Waals surface area contributed by atoms with Crippen LogP contribution in [0.2, 0.25) is 0 Å². The minimum absolute atomic E-state index is 0.0383. The van der Waals surface area contributed by atoms with E-state index in [9.17, 15) is 4.79 Å². The molecule has 0 radical (unpaired) electrons. The van der Waals surface area contributed by atoms with Crippen LogP contribution >= 0.6 is 0 Å². The van der Waals surface area contributed by atoms with Crippen LogP contribution in [0.1, 0.15) is 34.8 Å². The molecule has 1 saturated heterocycles. The van der Waals surface area contributed by atoms with Crippen molar-refractivity contribution in [1.29, 1.82) is 0 Å². The fourth-order valence-electron chi connectivity index (χ4n) is 3.91. The van der Waals surface area contributed by atoms with Crippen LogP contribution in [-0.2, 0) is 0 Å². The van der Waals surface area contributed by atoms with Crippen LogP contribution in [0.3, 0.4) is 0 Å². The number of likely N-dealkylation sites (tertiary alicyclic amines) is 1. The summed E-state index contributed by atoms with van der Waals surface area (Å²) in [5.74, 6) is 1.88. The smallest absolute Gasteiger partial charge is 0.255 e. The van der Waals surface area contributed by atoms with Gasteiger partial charge in [-0.3, -0.25) is 9.78 Å². The second kappa shape index (κ2) is 8.97. The standard InChI is InChI=1S/C24H22N6O2/c31-24(18-9-10-21(27-16-18)30-15-5-11-28-30)29-14-4-6-19(17-29)22-23(26-13-12-25-22)32-20-7-2-1-3-8-20/h1-3,5,7-13,15-16,19H,4,6,14,17H2. The Morgan fingerprint density at radius 3 is 2.62 bits per heavy atom. The molecule has 1 amide bonds. The first-order valence-electron chi connectivity index (χ1n) is 10.6. The van der Waals surface area contributed by atoms with Crippen molar-refractivity contribution in [3.05, 3.63) is 90.8 Å². The Kier molecular flexibility index (Phi) is 5.57. The number of piperidine rings is 1. The number of hydrogen-bond donors (Lipinski definition) is 0. The van der Waals surface area contributed by atoms with Crippen molar-refractivity contribution in [2.24, 2.45) is 0 Å².